The zero-order valence-corrected chi connectivity index (χ0v) is 12.2. The molecule has 0 saturated carbocycles. The molecular weight excluding hydrogens is 348 g/mol. The van der Waals surface area contributed by atoms with Crippen LogP contribution in [0.4, 0.5) is 4.39 Å². The summed E-state index contributed by atoms with van der Waals surface area (Å²) in [5, 5.41) is 3.89. The minimum Gasteiger partial charge on any atom is -0.334 e. The average molecular weight is 361 g/mol. The normalized spacial score (nSPS) is 14.5. The second-order valence-corrected chi connectivity index (χ2v) is 5.48. The molecule has 1 aromatic heterocycles. The number of aromatic nitrogens is 2. The molecule has 0 amide bonds. The first-order valence-corrected chi connectivity index (χ1v) is 6.60. The van der Waals surface area contributed by atoms with Crippen LogP contribution in [0, 0.1) is 9.39 Å². The molecule has 0 bridgehead atoms. The van der Waals surface area contributed by atoms with E-state index in [9.17, 15) is 4.39 Å². The van der Waals surface area contributed by atoms with Crippen LogP contribution in [-0.4, -0.2) is 10.1 Å². The lowest BCUT2D eigenvalue weighted by molar-refractivity contribution is 0.379. The predicted molar refractivity (Wildman–Crippen MR) is 74.2 cm³/mol. The van der Waals surface area contributed by atoms with Gasteiger partial charge in [0.1, 0.15) is 5.82 Å². The summed E-state index contributed by atoms with van der Waals surface area (Å²) in [4.78, 5) is 4.28. The van der Waals surface area contributed by atoms with E-state index in [-0.39, 0.29) is 5.82 Å². The van der Waals surface area contributed by atoms with Crippen LogP contribution in [0.15, 0.2) is 22.7 Å². The maximum atomic E-state index is 13.0. The molecule has 6 heteroatoms. The van der Waals surface area contributed by atoms with Crippen molar-refractivity contribution < 1.29 is 8.91 Å². The molecule has 2 aromatic rings. The quantitative estimate of drug-likeness (QED) is 0.854. The van der Waals surface area contributed by atoms with Gasteiger partial charge in [-0.05, 0) is 54.1 Å². The summed E-state index contributed by atoms with van der Waals surface area (Å²) in [5.74, 6) is 0.528. The predicted octanol–water partition coefficient (Wildman–Crippen LogP) is 3.06. The SMILES string of the molecule is CCC(C)(N)c1noc(-c2ccc(F)cc2I)n1. The van der Waals surface area contributed by atoms with Crippen molar-refractivity contribution >= 4 is 22.6 Å². The molecule has 0 spiro atoms. The molecule has 0 aliphatic heterocycles. The van der Waals surface area contributed by atoms with Gasteiger partial charge in [-0.3, -0.25) is 0 Å². The van der Waals surface area contributed by atoms with Gasteiger partial charge in [0.2, 0.25) is 0 Å². The van der Waals surface area contributed by atoms with Crippen LogP contribution in [0.2, 0.25) is 0 Å². The number of benzene rings is 1. The molecular formula is C12H13FIN3O. The topological polar surface area (TPSA) is 64.9 Å². The smallest absolute Gasteiger partial charge is 0.259 e. The fraction of sp³-hybridized carbons (Fsp3) is 0.333. The molecule has 0 aliphatic carbocycles. The van der Waals surface area contributed by atoms with E-state index in [4.69, 9.17) is 10.3 Å². The fourth-order valence-corrected chi connectivity index (χ4v) is 2.09. The number of nitrogens with zero attached hydrogens (tertiary/aromatic N) is 2. The monoisotopic (exact) mass is 361 g/mol. The average Bonchev–Trinajstić information content (AvgIpc) is 2.79. The number of nitrogens with two attached hydrogens (primary N) is 1. The molecule has 1 unspecified atom stereocenters. The van der Waals surface area contributed by atoms with E-state index in [2.05, 4.69) is 10.1 Å². The van der Waals surface area contributed by atoms with Gasteiger partial charge < -0.3 is 10.3 Å². The molecule has 18 heavy (non-hydrogen) atoms. The van der Waals surface area contributed by atoms with Crippen molar-refractivity contribution in [2.45, 2.75) is 25.8 Å². The van der Waals surface area contributed by atoms with Crippen LogP contribution >= 0.6 is 22.6 Å². The second kappa shape index (κ2) is 4.93. The molecule has 2 rings (SSSR count). The van der Waals surface area contributed by atoms with Gasteiger partial charge in [-0.25, -0.2) is 4.39 Å². The Morgan fingerprint density at radius 3 is 2.83 bits per heavy atom. The van der Waals surface area contributed by atoms with Crippen molar-refractivity contribution in [1.29, 1.82) is 0 Å². The Morgan fingerprint density at radius 2 is 2.22 bits per heavy atom. The third-order valence-electron chi connectivity index (χ3n) is 2.83. The van der Waals surface area contributed by atoms with Crippen LogP contribution in [0.5, 0.6) is 0 Å². The minimum absolute atomic E-state index is 0.292. The Hall–Kier alpha value is -1.02. The molecule has 0 aliphatic rings. The lowest BCUT2D eigenvalue weighted by Crippen LogP contribution is -2.33. The summed E-state index contributed by atoms with van der Waals surface area (Å²) in [5.41, 5.74) is 6.14. The zero-order valence-electron chi connectivity index (χ0n) is 10.1. The van der Waals surface area contributed by atoms with Crippen molar-refractivity contribution in [3.05, 3.63) is 33.4 Å². The number of hydrogen-bond acceptors (Lipinski definition) is 4. The summed E-state index contributed by atoms with van der Waals surface area (Å²) in [6.07, 6.45) is 0.701. The molecule has 4 nitrogen and oxygen atoms in total. The van der Waals surface area contributed by atoms with E-state index in [1.165, 1.54) is 12.1 Å². The van der Waals surface area contributed by atoms with Crippen molar-refractivity contribution in [1.82, 2.24) is 10.1 Å². The van der Waals surface area contributed by atoms with Crippen molar-refractivity contribution in [3.63, 3.8) is 0 Å². The number of rotatable bonds is 3. The first-order valence-electron chi connectivity index (χ1n) is 5.52. The number of hydrogen-bond donors (Lipinski definition) is 1. The van der Waals surface area contributed by atoms with Gasteiger partial charge in [0.05, 0.1) is 11.1 Å². The van der Waals surface area contributed by atoms with Gasteiger partial charge in [-0.2, -0.15) is 4.98 Å². The van der Waals surface area contributed by atoms with Crippen molar-refractivity contribution in [2.75, 3.05) is 0 Å². The molecule has 1 atom stereocenters. The van der Waals surface area contributed by atoms with E-state index in [0.717, 1.165) is 3.57 Å². The fourth-order valence-electron chi connectivity index (χ4n) is 1.39. The number of halogens is 2. The van der Waals surface area contributed by atoms with E-state index in [1.807, 2.05) is 36.4 Å². The lowest BCUT2D eigenvalue weighted by atomic mass is 10.00. The highest BCUT2D eigenvalue weighted by Gasteiger charge is 2.26. The first kappa shape index (κ1) is 13.4. The molecule has 1 heterocycles. The van der Waals surface area contributed by atoms with Gasteiger partial charge in [0.15, 0.2) is 5.82 Å². The Bertz CT molecular complexity index is 568. The maximum Gasteiger partial charge on any atom is 0.259 e. The highest BCUT2D eigenvalue weighted by atomic mass is 127. The van der Waals surface area contributed by atoms with Crippen molar-refractivity contribution in [2.24, 2.45) is 5.73 Å². The third-order valence-corrected chi connectivity index (χ3v) is 3.73. The molecule has 96 valence electrons. The Labute approximate surface area is 118 Å². The van der Waals surface area contributed by atoms with Gasteiger partial charge in [-0.1, -0.05) is 12.1 Å². The Balaban J connectivity index is 2.41. The van der Waals surface area contributed by atoms with Crippen molar-refractivity contribution in [3.8, 4) is 11.5 Å². The van der Waals surface area contributed by atoms with E-state index >= 15 is 0 Å². The molecule has 0 fully saturated rings. The summed E-state index contributed by atoms with van der Waals surface area (Å²) in [7, 11) is 0. The van der Waals surface area contributed by atoms with Crippen LogP contribution in [-0.2, 0) is 5.54 Å². The van der Waals surface area contributed by atoms with E-state index < -0.39 is 5.54 Å². The highest BCUT2D eigenvalue weighted by Crippen LogP contribution is 2.27. The largest absolute Gasteiger partial charge is 0.334 e. The molecule has 0 saturated heterocycles. The standard InChI is InChI=1S/C12H13FIN3O/c1-3-12(2,15)11-16-10(18-17-11)8-5-4-7(13)6-9(8)14/h4-6H,3,15H2,1-2H3. The van der Waals surface area contributed by atoms with Gasteiger partial charge in [-0.15, -0.1) is 0 Å². The van der Waals surface area contributed by atoms with Crippen LogP contribution in [0.25, 0.3) is 11.5 Å². The van der Waals surface area contributed by atoms with Crippen LogP contribution in [0.3, 0.4) is 0 Å². The Kier molecular flexibility index (Phi) is 3.67. The maximum absolute atomic E-state index is 13.0. The molecule has 0 radical (unpaired) electrons. The first-order chi connectivity index (χ1) is 8.44. The van der Waals surface area contributed by atoms with E-state index in [1.54, 1.807) is 6.07 Å². The Morgan fingerprint density at radius 1 is 1.50 bits per heavy atom. The summed E-state index contributed by atoms with van der Waals surface area (Å²) in [6, 6.07) is 4.40. The van der Waals surface area contributed by atoms with Gasteiger partial charge in [0.25, 0.3) is 5.89 Å². The zero-order chi connectivity index (χ0) is 13.3. The third kappa shape index (κ3) is 2.54. The van der Waals surface area contributed by atoms with Gasteiger partial charge in [0, 0.05) is 3.57 Å². The van der Waals surface area contributed by atoms with Gasteiger partial charge >= 0.3 is 0 Å². The molecule has 1 aromatic carbocycles. The minimum atomic E-state index is -0.618. The second-order valence-electron chi connectivity index (χ2n) is 4.32. The summed E-state index contributed by atoms with van der Waals surface area (Å²) >= 11 is 2.03. The lowest BCUT2D eigenvalue weighted by Gasteiger charge is -2.16. The summed E-state index contributed by atoms with van der Waals surface area (Å²) in [6.45, 7) is 3.80. The van der Waals surface area contributed by atoms with E-state index in [0.29, 0.717) is 23.7 Å². The summed E-state index contributed by atoms with van der Waals surface area (Å²) < 4.78 is 18.9. The van der Waals surface area contributed by atoms with Crippen LogP contribution < -0.4 is 5.73 Å². The molecule has 2 N–H and O–H groups in total. The van der Waals surface area contributed by atoms with Crippen LogP contribution in [0.1, 0.15) is 26.1 Å². The highest BCUT2D eigenvalue weighted by molar-refractivity contribution is 14.1.